The SMILES string of the molecule is Cc1cn(CC(=O)N(CCNC(=O)CN(CCNC(=O)CN(CCN)C(=O)Cn2cc(C)c(=O)[nH]c2=O)C(=O)CCc2cn(C[C@H]3O[C@@H](O[C@@H]4[C@@H](O)[C@H](N)C[C@H](N)[C@H]4O[C@H]4O[C@H](CN)[C@@H](O)[C@H](O)[C@H]4N)[C@H](O)[C@@H]3O[C@H]3O[C@@H](CN)[C@@H](O)[C@H](O)[C@H]3N)nn2)CC(N)=O)c(=O)[nH]c1=O. The van der Waals surface area contributed by atoms with Gasteiger partial charge in [0.15, 0.2) is 18.9 Å². The molecule has 3 saturated heterocycles. The van der Waals surface area contributed by atoms with E-state index >= 15 is 0 Å². The predicted octanol–water partition coefficient (Wildman–Crippen LogP) is -14.8. The number of carbonyl (C=O) groups excluding carboxylic acids is 6. The first-order valence-corrected chi connectivity index (χ1v) is 30.7. The summed E-state index contributed by atoms with van der Waals surface area (Å²) in [5.74, 6) is -4.62. The van der Waals surface area contributed by atoms with Crippen LogP contribution in [-0.2, 0) is 83.2 Å². The Morgan fingerprint density at radius 2 is 1.06 bits per heavy atom. The summed E-state index contributed by atoms with van der Waals surface area (Å²) in [5.41, 5.74) is 45.4. The molecule has 42 nitrogen and oxygen atoms in total. The van der Waals surface area contributed by atoms with E-state index in [-0.39, 0.29) is 95.0 Å². The molecule has 3 aromatic rings. The summed E-state index contributed by atoms with van der Waals surface area (Å²) in [4.78, 5) is 136. The summed E-state index contributed by atoms with van der Waals surface area (Å²) < 4.78 is 39.7. The van der Waals surface area contributed by atoms with Crippen LogP contribution >= 0.6 is 0 Å². The fourth-order valence-corrected chi connectivity index (χ4v) is 11.2. The number of carbonyl (C=O) groups is 6. The molecule has 1 saturated carbocycles. The quantitative estimate of drug-likeness (QED) is 0.0284. The van der Waals surface area contributed by atoms with Crippen LogP contribution < -0.4 is 79.0 Å². The molecule has 26 N–H and O–H groups in total. The number of primary amides is 1. The van der Waals surface area contributed by atoms with Gasteiger partial charge in [-0.25, -0.2) is 14.3 Å². The minimum atomic E-state index is -1.81. The highest BCUT2D eigenvalue weighted by Crippen LogP contribution is 2.35. The number of aliphatic hydroxyl groups is 6. The van der Waals surface area contributed by atoms with E-state index in [9.17, 15) is 78.6 Å². The predicted molar refractivity (Wildman–Crippen MR) is 326 cm³/mol. The van der Waals surface area contributed by atoms with Gasteiger partial charge in [0.05, 0.1) is 50.1 Å². The van der Waals surface area contributed by atoms with Gasteiger partial charge in [-0.15, -0.1) is 5.10 Å². The van der Waals surface area contributed by atoms with Crippen LogP contribution in [-0.4, -0.2) is 303 Å². The van der Waals surface area contributed by atoms with Crippen molar-refractivity contribution in [3.63, 3.8) is 0 Å². The zero-order chi connectivity index (χ0) is 70.6. The molecule has 3 aliphatic heterocycles. The topological polar surface area (TPSA) is 662 Å². The molecule has 4 aliphatic rings. The third-order valence-corrected chi connectivity index (χ3v) is 16.6. The van der Waals surface area contributed by atoms with Gasteiger partial charge in [0.1, 0.15) is 80.2 Å². The Morgan fingerprint density at radius 1 is 0.594 bits per heavy atom. The van der Waals surface area contributed by atoms with Crippen molar-refractivity contribution in [2.24, 2.45) is 45.9 Å². The molecule has 42 heteroatoms. The molecule has 6 amide bonds. The van der Waals surface area contributed by atoms with Gasteiger partial charge in [-0.05, 0) is 20.3 Å². The fraction of sp³-hybridized carbons (Fsp3) is 0.704. The lowest BCUT2D eigenvalue weighted by atomic mass is 9.84. The highest BCUT2D eigenvalue weighted by Gasteiger charge is 2.55. The molecule has 0 unspecified atom stereocenters. The number of hydrogen-bond acceptors (Lipinski definition) is 31. The van der Waals surface area contributed by atoms with E-state index in [1.807, 2.05) is 0 Å². The van der Waals surface area contributed by atoms with Crippen LogP contribution in [0.25, 0.3) is 0 Å². The van der Waals surface area contributed by atoms with Gasteiger partial charge in [-0.3, -0.25) is 57.5 Å². The van der Waals surface area contributed by atoms with Gasteiger partial charge >= 0.3 is 11.4 Å². The summed E-state index contributed by atoms with van der Waals surface area (Å²) >= 11 is 0. The van der Waals surface area contributed by atoms with E-state index in [4.69, 9.17) is 74.3 Å². The van der Waals surface area contributed by atoms with E-state index in [2.05, 4.69) is 30.9 Å². The molecule has 4 fully saturated rings. The minimum Gasteiger partial charge on any atom is -0.389 e. The van der Waals surface area contributed by atoms with Crippen molar-refractivity contribution in [3.8, 4) is 0 Å². The zero-order valence-corrected chi connectivity index (χ0v) is 52.6. The van der Waals surface area contributed by atoms with Crippen LogP contribution in [0.4, 0.5) is 0 Å². The number of aliphatic hydroxyl groups excluding tert-OH is 6. The molecule has 0 bridgehead atoms. The first-order valence-electron chi connectivity index (χ1n) is 30.7. The van der Waals surface area contributed by atoms with Crippen LogP contribution in [0.2, 0.25) is 0 Å². The third kappa shape index (κ3) is 19.2. The normalized spacial score (nSPS) is 29.8. The van der Waals surface area contributed by atoms with Gasteiger partial charge < -0.3 is 130 Å². The number of aromatic amines is 2. The van der Waals surface area contributed by atoms with Gasteiger partial charge in [-0.2, -0.15) is 0 Å². The number of rotatable bonds is 31. The van der Waals surface area contributed by atoms with E-state index in [0.717, 1.165) is 30.0 Å². The standard InChI is InChI=1S/C54H88N20O22/c1-23-14-72(53(89)65-48(23)87)21-35(79)69(8-5-55)19-32(76)64-7-10-71(20-33(77)63-6-9-70(18-31(60)75)36(80)22-73-15-24(2)49(88)66-54(73)90)34(78)4-3-25-16-74(68-67-25)17-30-46(95-51-38(62)43(85)41(83)29(13-57)92-51)44(86)52(93-30)96-47-39(81)26(58)11-27(59)45(47)94-50-37(61)42(84)40(82)28(12-56)91-50/h14-16,26-30,37-47,50-52,81-86H,3-13,17-22,55-59,61-62H2,1-2H3,(H2,60,75)(H,63,77)(H,64,76)(H,65,87,89)(H,66,88,90)/t26-,27+,28-,29+,30-,37-,38-,39+,40-,41-,42-,43-,44-,45-,46-,47-,50-,51-,52+/m1/s1. The van der Waals surface area contributed by atoms with Crippen molar-refractivity contribution >= 4 is 35.4 Å². The first kappa shape index (κ1) is 75.9. The van der Waals surface area contributed by atoms with Gasteiger partial charge in [0.2, 0.25) is 35.4 Å². The smallest absolute Gasteiger partial charge is 0.328 e. The maximum Gasteiger partial charge on any atom is 0.328 e. The third-order valence-electron chi connectivity index (χ3n) is 16.6. The monoisotopic (exact) mass is 1370 g/mol. The Hall–Kier alpha value is -7.44. The Morgan fingerprint density at radius 3 is 1.55 bits per heavy atom. The number of nitrogens with one attached hydrogen (secondary N) is 4. The largest absolute Gasteiger partial charge is 0.389 e. The highest BCUT2D eigenvalue weighted by molar-refractivity contribution is 5.86. The van der Waals surface area contributed by atoms with Crippen molar-refractivity contribution < 1.29 is 87.8 Å². The zero-order valence-electron chi connectivity index (χ0n) is 52.6. The number of nitrogens with two attached hydrogens (primary N) is 8. The molecule has 19 atom stereocenters. The lowest BCUT2D eigenvalue weighted by Gasteiger charge is -2.47. The molecule has 7 rings (SSSR count). The van der Waals surface area contributed by atoms with Crippen molar-refractivity contribution in [1.82, 2.24) is 59.4 Å². The number of H-pyrrole nitrogens is 2. The number of aryl methyl sites for hydroxylation is 3. The Labute approximate surface area is 545 Å². The molecule has 1 aliphatic carbocycles. The summed E-state index contributed by atoms with van der Waals surface area (Å²) in [6, 6.07) is -4.82. The van der Waals surface area contributed by atoms with Crippen LogP contribution in [0.15, 0.2) is 37.8 Å². The van der Waals surface area contributed by atoms with Crippen molar-refractivity contribution in [1.29, 1.82) is 0 Å². The van der Waals surface area contributed by atoms with E-state index < -0.39 is 207 Å². The number of amides is 6. The summed E-state index contributed by atoms with van der Waals surface area (Å²) in [5, 5.41) is 79.8. The molecule has 0 aromatic carbocycles. The summed E-state index contributed by atoms with van der Waals surface area (Å²) in [6.45, 7) is -2.53. The molecule has 3 aromatic heterocycles. The number of nitrogens with zero attached hydrogens (tertiary/aromatic N) is 8. The maximum atomic E-state index is 14.2. The van der Waals surface area contributed by atoms with Crippen LogP contribution in [0.3, 0.4) is 0 Å². The minimum absolute atomic E-state index is 0.0331. The Kier molecular flexibility index (Phi) is 27.0. The summed E-state index contributed by atoms with van der Waals surface area (Å²) in [6.07, 6.45) is -19.2. The fourth-order valence-electron chi connectivity index (χ4n) is 11.2. The highest BCUT2D eigenvalue weighted by atomic mass is 16.8. The molecule has 0 spiro atoms. The molecule has 0 radical (unpaired) electrons. The lowest BCUT2D eigenvalue weighted by Crippen LogP contribution is -2.68. The van der Waals surface area contributed by atoms with Crippen LogP contribution in [0.1, 0.15) is 29.7 Å². The second kappa shape index (κ2) is 34.2. The van der Waals surface area contributed by atoms with Crippen molar-refractivity contribution in [2.75, 3.05) is 72.0 Å². The van der Waals surface area contributed by atoms with E-state index in [0.29, 0.717) is 0 Å². The lowest BCUT2D eigenvalue weighted by molar-refractivity contribution is -0.306. The molecule has 536 valence electrons. The van der Waals surface area contributed by atoms with Crippen molar-refractivity contribution in [3.05, 3.63) is 77.1 Å². The molecule has 6 heterocycles. The first-order chi connectivity index (χ1) is 45.4. The number of ether oxygens (including phenoxy) is 6. The van der Waals surface area contributed by atoms with Crippen LogP contribution in [0, 0.1) is 13.8 Å². The molecular formula is C54H88N20O22. The second-order valence-electron chi connectivity index (χ2n) is 23.8. The number of hydrogen-bond donors (Lipinski definition) is 18. The van der Waals surface area contributed by atoms with Gasteiger partial charge in [0.25, 0.3) is 11.1 Å². The van der Waals surface area contributed by atoms with Crippen molar-refractivity contribution in [2.45, 2.75) is 169 Å². The van der Waals surface area contributed by atoms with E-state index in [1.54, 1.807) is 0 Å². The van der Waals surface area contributed by atoms with Gasteiger partial charge in [0, 0.05) is 107 Å². The molecular weight excluding hydrogens is 1280 g/mol. The average molecular weight is 1370 g/mol. The maximum absolute atomic E-state index is 14.2. The van der Waals surface area contributed by atoms with Gasteiger partial charge in [-0.1, -0.05) is 5.21 Å². The second-order valence-corrected chi connectivity index (χ2v) is 23.8. The molecule has 96 heavy (non-hydrogen) atoms. The number of aromatic nitrogens is 7. The Bertz CT molecular complexity index is 3400. The van der Waals surface area contributed by atoms with Crippen LogP contribution in [0.5, 0.6) is 0 Å². The average Bonchev–Trinajstić information content (AvgIpc) is 1.41. The Balaban J connectivity index is 1.06. The van der Waals surface area contributed by atoms with E-state index in [1.165, 1.54) is 30.9 Å². The summed E-state index contributed by atoms with van der Waals surface area (Å²) in [7, 11) is 0.